The highest BCUT2D eigenvalue weighted by Gasteiger charge is 2.20. The monoisotopic (exact) mass is 297 g/mol. The molecule has 2 aromatic rings. The van der Waals surface area contributed by atoms with Crippen LogP contribution in [0.15, 0.2) is 18.2 Å². The third kappa shape index (κ3) is 2.30. The second kappa shape index (κ2) is 5.41. The zero-order valence-electron chi connectivity index (χ0n) is 13.3. The number of fused-ring (bicyclic) bond motifs is 1. The Morgan fingerprint density at radius 3 is 2.68 bits per heavy atom. The standard InChI is InChI=1S/C17H23N5/c1-12-9-13(17-14-10-18-11-15(14)19-20-17)3-4-16(12)22-7-5-21(2)6-8-22/h3-4,9,18H,5-8,10-11H2,1-2H3,(H,19,20). The van der Waals surface area contributed by atoms with Crippen LogP contribution in [0.25, 0.3) is 11.3 Å². The summed E-state index contributed by atoms with van der Waals surface area (Å²) in [6, 6.07) is 6.76. The first-order chi connectivity index (χ1) is 10.7. The number of benzene rings is 1. The van der Waals surface area contributed by atoms with Gasteiger partial charge in [0, 0.05) is 56.1 Å². The van der Waals surface area contributed by atoms with Gasteiger partial charge in [0.05, 0.1) is 11.4 Å². The lowest BCUT2D eigenvalue weighted by atomic mass is 10.0. The number of anilines is 1. The smallest absolute Gasteiger partial charge is 0.0969 e. The maximum Gasteiger partial charge on any atom is 0.0969 e. The van der Waals surface area contributed by atoms with Gasteiger partial charge in [0.1, 0.15) is 0 Å². The number of rotatable bonds is 2. The number of likely N-dealkylation sites (N-methyl/N-ethyl adjacent to an activating group) is 1. The highest BCUT2D eigenvalue weighted by atomic mass is 15.2. The molecule has 2 aliphatic heterocycles. The molecule has 3 heterocycles. The van der Waals surface area contributed by atoms with Crippen molar-refractivity contribution in [1.29, 1.82) is 0 Å². The summed E-state index contributed by atoms with van der Waals surface area (Å²) in [4.78, 5) is 4.88. The van der Waals surface area contributed by atoms with Gasteiger partial charge in [-0.25, -0.2) is 0 Å². The van der Waals surface area contributed by atoms with Crippen molar-refractivity contribution in [3.05, 3.63) is 35.0 Å². The van der Waals surface area contributed by atoms with Crippen molar-refractivity contribution in [2.24, 2.45) is 0 Å². The van der Waals surface area contributed by atoms with Crippen LogP contribution in [0, 0.1) is 6.92 Å². The number of aromatic nitrogens is 2. The molecular formula is C17H23N5. The number of aryl methyl sites for hydroxylation is 1. The maximum absolute atomic E-state index is 4.52. The quantitative estimate of drug-likeness (QED) is 0.886. The van der Waals surface area contributed by atoms with Crippen molar-refractivity contribution in [3.8, 4) is 11.3 Å². The lowest BCUT2D eigenvalue weighted by molar-refractivity contribution is 0.312. The molecule has 2 N–H and O–H groups in total. The van der Waals surface area contributed by atoms with Gasteiger partial charge in [-0.15, -0.1) is 0 Å². The number of hydrogen-bond donors (Lipinski definition) is 2. The summed E-state index contributed by atoms with van der Waals surface area (Å²) < 4.78 is 0. The van der Waals surface area contributed by atoms with E-state index in [0.29, 0.717) is 0 Å². The molecule has 1 aromatic heterocycles. The lowest BCUT2D eigenvalue weighted by Crippen LogP contribution is -2.44. The second-order valence-electron chi connectivity index (χ2n) is 6.42. The summed E-state index contributed by atoms with van der Waals surface area (Å²) in [5, 5.41) is 11.1. The minimum Gasteiger partial charge on any atom is -0.369 e. The van der Waals surface area contributed by atoms with Gasteiger partial charge in [-0.1, -0.05) is 6.07 Å². The fourth-order valence-corrected chi connectivity index (χ4v) is 3.49. The normalized spacial score (nSPS) is 18.7. The van der Waals surface area contributed by atoms with E-state index in [1.165, 1.54) is 28.1 Å². The van der Waals surface area contributed by atoms with Crippen LogP contribution in [0.1, 0.15) is 16.8 Å². The fourth-order valence-electron chi connectivity index (χ4n) is 3.49. The maximum atomic E-state index is 4.52. The first-order valence-electron chi connectivity index (χ1n) is 8.04. The van der Waals surface area contributed by atoms with Crippen LogP contribution in [0.4, 0.5) is 5.69 Å². The Morgan fingerprint density at radius 1 is 1.09 bits per heavy atom. The van der Waals surface area contributed by atoms with Crippen molar-refractivity contribution in [2.75, 3.05) is 38.1 Å². The van der Waals surface area contributed by atoms with E-state index in [0.717, 1.165) is 45.0 Å². The van der Waals surface area contributed by atoms with E-state index in [4.69, 9.17) is 0 Å². The molecule has 4 rings (SSSR count). The Morgan fingerprint density at radius 2 is 1.91 bits per heavy atom. The molecule has 0 spiro atoms. The fraction of sp³-hybridized carbons (Fsp3) is 0.471. The zero-order valence-corrected chi connectivity index (χ0v) is 13.3. The average Bonchev–Trinajstić information content (AvgIpc) is 3.11. The summed E-state index contributed by atoms with van der Waals surface area (Å²) in [6.45, 7) is 8.53. The van der Waals surface area contributed by atoms with Crippen molar-refractivity contribution in [1.82, 2.24) is 20.4 Å². The predicted octanol–water partition coefficient (Wildman–Crippen LogP) is 1.74. The first kappa shape index (κ1) is 13.8. The molecule has 0 radical (unpaired) electrons. The molecule has 1 fully saturated rings. The van der Waals surface area contributed by atoms with E-state index >= 15 is 0 Å². The second-order valence-corrected chi connectivity index (χ2v) is 6.42. The highest BCUT2D eigenvalue weighted by Crippen LogP contribution is 2.31. The SMILES string of the molecule is Cc1cc(-c2n[nH]c3c2CNC3)ccc1N1CCN(C)CC1. The Balaban J connectivity index is 1.62. The van der Waals surface area contributed by atoms with E-state index in [2.05, 4.69) is 57.5 Å². The van der Waals surface area contributed by atoms with Crippen LogP contribution in [-0.4, -0.2) is 48.3 Å². The summed E-state index contributed by atoms with van der Waals surface area (Å²) in [7, 11) is 2.19. The minimum atomic E-state index is 0.903. The molecule has 116 valence electrons. The summed E-state index contributed by atoms with van der Waals surface area (Å²) in [5.41, 5.74) is 7.58. The minimum absolute atomic E-state index is 0.903. The molecule has 1 aromatic carbocycles. The Labute approximate surface area is 131 Å². The van der Waals surface area contributed by atoms with E-state index in [-0.39, 0.29) is 0 Å². The zero-order chi connectivity index (χ0) is 15.1. The molecule has 0 aliphatic carbocycles. The van der Waals surface area contributed by atoms with Gasteiger partial charge < -0.3 is 15.1 Å². The summed E-state index contributed by atoms with van der Waals surface area (Å²) in [5.74, 6) is 0. The van der Waals surface area contributed by atoms with Crippen molar-refractivity contribution >= 4 is 5.69 Å². The molecule has 2 aliphatic rings. The van der Waals surface area contributed by atoms with Crippen LogP contribution >= 0.6 is 0 Å². The van der Waals surface area contributed by atoms with Gasteiger partial charge in [-0.05, 0) is 31.7 Å². The largest absolute Gasteiger partial charge is 0.369 e. The lowest BCUT2D eigenvalue weighted by Gasteiger charge is -2.35. The van der Waals surface area contributed by atoms with Crippen molar-refractivity contribution in [3.63, 3.8) is 0 Å². The Bertz CT molecular complexity index is 682. The molecule has 1 saturated heterocycles. The van der Waals surface area contributed by atoms with Crippen LogP contribution in [0.2, 0.25) is 0 Å². The van der Waals surface area contributed by atoms with Crippen LogP contribution < -0.4 is 10.2 Å². The Kier molecular flexibility index (Phi) is 3.39. The van der Waals surface area contributed by atoms with E-state index < -0.39 is 0 Å². The van der Waals surface area contributed by atoms with Gasteiger partial charge in [0.15, 0.2) is 0 Å². The number of hydrogen-bond acceptors (Lipinski definition) is 4. The average molecular weight is 297 g/mol. The number of H-pyrrole nitrogens is 1. The Hall–Kier alpha value is -1.85. The number of nitrogens with one attached hydrogen (secondary N) is 2. The molecule has 0 bridgehead atoms. The number of aromatic amines is 1. The third-order valence-electron chi connectivity index (χ3n) is 4.87. The van der Waals surface area contributed by atoms with Gasteiger partial charge in [0.25, 0.3) is 0 Å². The van der Waals surface area contributed by atoms with Crippen LogP contribution in [0.5, 0.6) is 0 Å². The first-order valence-corrected chi connectivity index (χ1v) is 8.04. The van der Waals surface area contributed by atoms with E-state index in [1.807, 2.05) is 0 Å². The van der Waals surface area contributed by atoms with E-state index in [1.54, 1.807) is 0 Å². The number of nitrogens with zero attached hydrogens (tertiary/aromatic N) is 3. The third-order valence-corrected chi connectivity index (χ3v) is 4.87. The van der Waals surface area contributed by atoms with Crippen LogP contribution in [0.3, 0.4) is 0 Å². The molecule has 0 amide bonds. The van der Waals surface area contributed by atoms with E-state index in [9.17, 15) is 0 Å². The topological polar surface area (TPSA) is 47.2 Å². The molecular weight excluding hydrogens is 274 g/mol. The van der Waals surface area contributed by atoms with Crippen molar-refractivity contribution in [2.45, 2.75) is 20.0 Å². The number of piperazine rings is 1. The highest BCUT2D eigenvalue weighted by molar-refractivity contribution is 5.69. The summed E-state index contributed by atoms with van der Waals surface area (Å²) >= 11 is 0. The van der Waals surface area contributed by atoms with Gasteiger partial charge >= 0.3 is 0 Å². The predicted molar refractivity (Wildman–Crippen MR) is 89.0 cm³/mol. The van der Waals surface area contributed by atoms with Crippen molar-refractivity contribution < 1.29 is 0 Å². The molecule has 5 nitrogen and oxygen atoms in total. The van der Waals surface area contributed by atoms with Gasteiger partial charge in [-0.3, -0.25) is 5.10 Å². The van der Waals surface area contributed by atoms with Gasteiger partial charge in [0.2, 0.25) is 0 Å². The summed E-state index contributed by atoms with van der Waals surface area (Å²) in [6.07, 6.45) is 0. The molecule has 0 unspecified atom stereocenters. The van der Waals surface area contributed by atoms with Crippen LogP contribution in [-0.2, 0) is 13.1 Å². The van der Waals surface area contributed by atoms with Gasteiger partial charge in [-0.2, -0.15) is 5.10 Å². The molecule has 22 heavy (non-hydrogen) atoms. The molecule has 0 atom stereocenters. The molecule has 0 saturated carbocycles. The molecule has 5 heteroatoms.